The zero-order valence-electron chi connectivity index (χ0n) is 15.4. The van der Waals surface area contributed by atoms with Crippen LogP contribution in [-0.4, -0.2) is 47.1 Å². The number of nitrogens with one attached hydrogen (secondary N) is 2. The minimum absolute atomic E-state index is 0.0285. The maximum Gasteiger partial charge on any atom is 0.317 e. The van der Waals surface area contributed by atoms with Gasteiger partial charge in [0.05, 0.1) is 10.6 Å². The predicted molar refractivity (Wildman–Crippen MR) is 109 cm³/mol. The highest BCUT2D eigenvalue weighted by molar-refractivity contribution is 7.18. The molecular formula is C20H20FN5OS. The molecular weight excluding hydrogens is 377 g/mol. The van der Waals surface area contributed by atoms with Gasteiger partial charge in [0.1, 0.15) is 5.82 Å². The molecule has 28 heavy (non-hydrogen) atoms. The fraction of sp³-hybridized carbons (Fsp3) is 0.250. The number of urea groups is 1. The van der Waals surface area contributed by atoms with Crippen LogP contribution in [0.3, 0.4) is 0 Å². The van der Waals surface area contributed by atoms with E-state index in [1.54, 1.807) is 34.6 Å². The van der Waals surface area contributed by atoms with Gasteiger partial charge in [0, 0.05) is 37.3 Å². The van der Waals surface area contributed by atoms with Crippen LogP contribution >= 0.6 is 11.3 Å². The minimum atomic E-state index is -0.241. The van der Waals surface area contributed by atoms with Gasteiger partial charge in [0.25, 0.3) is 0 Å². The Hall–Kier alpha value is -3.00. The number of aromatic nitrogens is 2. The maximum atomic E-state index is 13.1. The number of hydrogen-bond acceptors (Lipinski definition) is 5. The highest BCUT2D eigenvalue weighted by atomic mass is 32.1. The van der Waals surface area contributed by atoms with Crippen LogP contribution < -0.4 is 10.6 Å². The predicted octanol–water partition coefficient (Wildman–Crippen LogP) is 3.76. The third-order valence-electron chi connectivity index (χ3n) is 4.55. The molecule has 8 heteroatoms. The van der Waals surface area contributed by atoms with Crippen LogP contribution in [0.4, 0.5) is 15.1 Å². The fourth-order valence-corrected chi connectivity index (χ4v) is 4.10. The summed E-state index contributed by atoms with van der Waals surface area (Å²) in [6.45, 7) is 4.58. The lowest BCUT2D eigenvalue weighted by molar-refractivity contribution is 0.219. The van der Waals surface area contributed by atoms with Crippen LogP contribution in [0.5, 0.6) is 0 Å². The van der Waals surface area contributed by atoms with Crippen molar-refractivity contribution in [3.63, 3.8) is 0 Å². The number of carbonyl (C=O) groups excluding carboxylic acids is 1. The smallest absolute Gasteiger partial charge is 0.317 e. The van der Waals surface area contributed by atoms with Crippen molar-refractivity contribution in [3.05, 3.63) is 54.0 Å². The molecule has 2 N–H and O–H groups in total. The SMILES string of the molecule is Cc1cnc(NCCN2CCNC2=O)nc1-c1ccc(-c2ccc(F)cc2)s1. The first-order chi connectivity index (χ1) is 13.6. The molecule has 2 amide bonds. The average Bonchev–Trinajstić information content (AvgIpc) is 3.33. The number of halogens is 1. The molecule has 6 nitrogen and oxygen atoms in total. The van der Waals surface area contributed by atoms with Gasteiger partial charge in [-0.3, -0.25) is 0 Å². The topological polar surface area (TPSA) is 70.2 Å². The van der Waals surface area contributed by atoms with Gasteiger partial charge < -0.3 is 15.5 Å². The monoisotopic (exact) mass is 397 g/mol. The van der Waals surface area contributed by atoms with Crippen LogP contribution in [0.15, 0.2) is 42.6 Å². The van der Waals surface area contributed by atoms with E-state index >= 15 is 0 Å². The summed E-state index contributed by atoms with van der Waals surface area (Å²) in [7, 11) is 0. The molecule has 0 atom stereocenters. The Bertz CT molecular complexity index is 989. The Morgan fingerprint density at radius 3 is 2.75 bits per heavy atom. The summed E-state index contributed by atoms with van der Waals surface area (Å²) in [5, 5.41) is 5.98. The number of rotatable bonds is 6. The number of thiophene rings is 1. The molecule has 1 fully saturated rings. The van der Waals surface area contributed by atoms with E-state index in [9.17, 15) is 9.18 Å². The Morgan fingerprint density at radius 1 is 1.21 bits per heavy atom. The molecule has 0 unspecified atom stereocenters. The molecule has 0 aliphatic carbocycles. The van der Waals surface area contributed by atoms with E-state index in [4.69, 9.17) is 0 Å². The van der Waals surface area contributed by atoms with Crippen molar-refractivity contribution in [2.45, 2.75) is 6.92 Å². The summed E-state index contributed by atoms with van der Waals surface area (Å²) in [4.78, 5) is 24.4. The van der Waals surface area contributed by atoms with Crippen LogP contribution in [0, 0.1) is 12.7 Å². The summed E-state index contributed by atoms with van der Waals surface area (Å²) in [5.41, 5.74) is 2.83. The summed E-state index contributed by atoms with van der Waals surface area (Å²) < 4.78 is 13.1. The summed E-state index contributed by atoms with van der Waals surface area (Å²) in [5.74, 6) is 0.297. The van der Waals surface area contributed by atoms with Crippen molar-refractivity contribution in [2.75, 3.05) is 31.5 Å². The van der Waals surface area contributed by atoms with Crippen LogP contribution in [-0.2, 0) is 0 Å². The van der Waals surface area contributed by atoms with Gasteiger partial charge in [-0.1, -0.05) is 12.1 Å². The van der Waals surface area contributed by atoms with E-state index < -0.39 is 0 Å². The molecule has 144 valence electrons. The molecule has 0 spiro atoms. The van der Waals surface area contributed by atoms with Gasteiger partial charge >= 0.3 is 6.03 Å². The quantitative estimate of drug-likeness (QED) is 0.665. The Kier molecular flexibility index (Phi) is 5.21. The Morgan fingerprint density at radius 2 is 2.00 bits per heavy atom. The molecule has 0 radical (unpaired) electrons. The first-order valence-electron chi connectivity index (χ1n) is 9.06. The van der Waals surface area contributed by atoms with Crippen molar-refractivity contribution in [3.8, 4) is 21.0 Å². The van der Waals surface area contributed by atoms with E-state index in [0.717, 1.165) is 33.1 Å². The third-order valence-corrected chi connectivity index (χ3v) is 5.69. The Balaban J connectivity index is 1.48. The lowest BCUT2D eigenvalue weighted by Gasteiger charge is -2.14. The Labute approximate surface area is 166 Å². The van der Waals surface area contributed by atoms with Crippen molar-refractivity contribution in [1.29, 1.82) is 0 Å². The molecule has 0 bridgehead atoms. The van der Waals surface area contributed by atoms with Gasteiger partial charge in [0.2, 0.25) is 5.95 Å². The van der Waals surface area contributed by atoms with Crippen molar-refractivity contribution in [1.82, 2.24) is 20.2 Å². The molecule has 1 aromatic carbocycles. The van der Waals surface area contributed by atoms with Gasteiger partial charge in [-0.05, 0) is 42.3 Å². The second-order valence-corrected chi connectivity index (χ2v) is 7.63. The highest BCUT2D eigenvalue weighted by Crippen LogP contribution is 2.35. The van der Waals surface area contributed by atoms with Crippen LogP contribution in [0.25, 0.3) is 21.0 Å². The van der Waals surface area contributed by atoms with E-state index in [-0.39, 0.29) is 11.8 Å². The van der Waals surface area contributed by atoms with Gasteiger partial charge in [-0.25, -0.2) is 19.2 Å². The zero-order valence-corrected chi connectivity index (χ0v) is 16.2. The van der Waals surface area contributed by atoms with Gasteiger partial charge in [-0.2, -0.15) is 0 Å². The number of nitrogens with zero attached hydrogens (tertiary/aromatic N) is 3. The van der Waals surface area contributed by atoms with E-state index in [1.165, 1.54) is 12.1 Å². The molecule has 1 aliphatic heterocycles. The first kappa shape index (κ1) is 18.4. The zero-order chi connectivity index (χ0) is 19.5. The summed E-state index contributed by atoms with van der Waals surface area (Å²) in [6, 6.07) is 10.5. The molecule has 0 saturated carbocycles. The lowest BCUT2D eigenvalue weighted by atomic mass is 10.2. The van der Waals surface area contributed by atoms with E-state index in [2.05, 4.69) is 20.6 Å². The third kappa shape index (κ3) is 3.96. The van der Waals surface area contributed by atoms with E-state index in [1.807, 2.05) is 19.1 Å². The second kappa shape index (κ2) is 7.93. The highest BCUT2D eigenvalue weighted by Gasteiger charge is 2.18. The average molecular weight is 397 g/mol. The fourth-order valence-electron chi connectivity index (χ4n) is 3.04. The summed E-state index contributed by atoms with van der Waals surface area (Å²) in [6.07, 6.45) is 1.80. The first-order valence-corrected chi connectivity index (χ1v) is 9.88. The number of aryl methyl sites for hydroxylation is 1. The number of carbonyl (C=O) groups is 1. The largest absolute Gasteiger partial charge is 0.352 e. The molecule has 3 heterocycles. The summed E-state index contributed by atoms with van der Waals surface area (Å²) >= 11 is 1.61. The number of amides is 2. The van der Waals surface area contributed by atoms with Gasteiger partial charge in [-0.15, -0.1) is 11.3 Å². The van der Waals surface area contributed by atoms with Crippen molar-refractivity contribution >= 4 is 23.3 Å². The van der Waals surface area contributed by atoms with E-state index in [0.29, 0.717) is 25.6 Å². The van der Waals surface area contributed by atoms with Crippen molar-refractivity contribution < 1.29 is 9.18 Å². The molecule has 2 aromatic heterocycles. The molecule has 4 rings (SSSR count). The molecule has 1 saturated heterocycles. The number of hydrogen-bond donors (Lipinski definition) is 2. The maximum absolute atomic E-state index is 13.1. The second-order valence-electron chi connectivity index (χ2n) is 6.54. The molecule has 3 aromatic rings. The minimum Gasteiger partial charge on any atom is -0.352 e. The lowest BCUT2D eigenvalue weighted by Crippen LogP contribution is -2.32. The standard InChI is InChI=1S/C20H20FN5OS/c1-13-12-24-19(22-8-10-26-11-9-23-20(26)27)25-18(13)17-7-6-16(28-17)14-2-4-15(21)5-3-14/h2-7,12H,8-11H2,1H3,(H,23,27)(H,22,24,25). The van der Waals surface area contributed by atoms with Crippen LogP contribution in [0.2, 0.25) is 0 Å². The molecule has 1 aliphatic rings. The normalized spacial score (nSPS) is 13.6. The van der Waals surface area contributed by atoms with Crippen molar-refractivity contribution in [2.24, 2.45) is 0 Å². The number of benzene rings is 1. The van der Waals surface area contributed by atoms with Gasteiger partial charge in [0.15, 0.2) is 0 Å². The van der Waals surface area contributed by atoms with Crippen LogP contribution in [0.1, 0.15) is 5.56 Å². The number of anilines is 1.